The molecule has 0 atom stereocenters. The van der Waals surface area contributed by atoms with Gasteiger partial charge in [0.1, 0.15) is 12.4 Å². The van der Waals surface area contributed by atoms with Crippen molar-refractivity contribution in [3.8, 4) is 17.2 Å². The standard InChI is InChI=1S/C19H23F2N3O3/c1-25-16-7-6-14(9-17(16)26-2)11-24-19(22)23-10-13-4-3-5-15(8-13)27-12-18(20)21/h3-9,18H,10-12H2,1-2H3,(H3,22,23,24). The molecule has 0 aromatic heterocycles. The molecule has 2 aromatic rings. The number of halogens is 2. The van der Waals surface area contributed by atoms with E-state index in [1.54, 1.807) is 32.4 Å². The monoisotopic (exact) mass is 379 g/mol. The highest BCUT2D eigenvalue weighted by atomic mass is 19.3. The molecule has 0 aliphatic rings. The Kier molecular flexibility index (Phi) is 7.66. The molecule has 6 nitrogen and oxygen atoms in total. The van der Waals surface area contributed by atoms with Crippen molar-refractivity contribution >= 4 is 5.96 Å². The number of benzene rings is 2. The molecule has 0 aliphatic heterocycles. The third-order valence-electron chi connectivity index (χ3n) is 3.63. The van der Waals surface area contributed by atoms with Gasteiger partial charge >= 0.3 is 0 Å². The molecule has 2 aromatic carbocycles. The summed E-state index contributed by atoms with van der Waals surface area (Å²) in [6.45, 7) is 0.131. The van der Waals surface area contributed by atoms with Crippen LogP contribution in [0.1, 0.15) is 11.1 Å². The highest BCUT2D eigenvalue weighted by molar-refractivity contribution is 5.77. The van der Waals surface area contributed by atoms with E-state index in [1.165, 1.54) is 0 Å². The number of hydrogen-bond acceptors (Lipinski definition) is 4. The number of guanidine groups is 1. The summed E-state index contributed by atoms with van der Waals surface area (Å²) in [7, 11) is 3.15. The molecule has 146 valence electrons. The zero-order valence-electron chi connectivity index (χ0n) is 15.2. The molecule has 2 rings (SSSR count). The Hall–Kier alpha value is -3.03. The van der Waals surface area contributed by atoms with Crippen molar-refractivity contribution in [3.05, 3.63) is 53.6 Å². The van der Waals surface area contributed by atoms with E-state index in [0.29, 0.717) is 30.3 Å². The summed E-state index contributed by atoms with van der Waals surface area (Å²) in [6, 6.07) is 12.4. The molecular formula is C19H23F2N3O3. The average molecular weight is 379 g/mol. The Morgan fingerprint density at radius 1 is 1.07 bits per heavy atom. The molecule has 0 spiro atoms. The summed E-state index contributed by atoms with van der Waals surface area (Å²) in [5.74, 6) is 1.92. The van der Waals surface area contributed by atoms with E-state index in [9.17, 15) is 8.78 Å². The smallest absolute Gasteiger partial charge is 0.272 e. The number of rotatable bonds is 9. The van der Waals surface area contributed by atoms with Crippen LogP contribution in [-0.4, -0.2) is 33.2 Å². The molecule has 0 fully saturated rings. The molecule has 0 bridgehead atoms. The predicted molar refractivity (Wildman–Crippen MR) is 99.7 cm³/mol. The van der Waals surface area contributed by atoms with Gasteiger partial charge in [-0.05, 0) is 35.4 Å². The summed E-state index contributed by atoms with van der Waals surface area (Å²) in [6.07, 6.45) is -2.51. The Bertz CT molecular complexity index is 770. The molecule has 3 N–H and O–H groups in total. The minimum Gasteiger partial charge on any atom is -0.493 e. The largest absolute Gasteiger partial charge is 0.493 e. The van der Waals surface area contributed by atoms with Crippen molar-refractivity contribution in [1.82, 2.24) is 5.32 Å². The van der Waals surface area contributed by atoms with Crippen LogP contribution in [-0.2, 0) is 13.1 Å². The van der Waals surface area contributed by atoms with Gasteiger partial charge in [-0.15, -0.1) is 0 Å². The SMILES string of the molecule is COc1ccc(CNC(N)=NCc2cccc(OCC(F)F)c2)cc1OC. The van der Waals surface area contributed by atoms with Gasteiger partial charge in [0.25, 0.3) is 6.43 Å². The third kappa shape index (κ3) is 6.65. The molecule has 0 aliphatic carbocycles. The first-order chi connectivity index (χ1) is 13.0. The first-order valence-electron chi connectivity index (χ1n) is 8.26. The van der Waals surface area contributed by atoms with Gasteiger partial charge in [0.15, 0.2) is 17.5 Å². The summed E-state index contributed by atoms with van der Waals surface area (Å²) in [5.41, 5.74) is 7.64. The molecule has 0 unspecified atom stereocenters. The zero-order chi connectivity index (χ0) is 19.6. The Morgan fingerprint density at radius 2 is 1.85 bits per heavy atom. The van der Waals surface area contributed by atoms with Crippen molar-refractivity contribution in [2.75, 3.05) is 20.8 Å². The summed E-state index contributed by atoms with van der Waals surface area (Å²) < 4.78 is 39.9. The predicted octanol–water partition coefficient (Wildman–Crippen LogP) is 2.95. The molecule has 27 heavy (non-hydrogen) atoms. The first-order valence-corrected chi connectivity index (χ1v) is 8.26. The van der Waals surface area contributed by atoms with E-state index in [-0.39, 0.29) is 5.96 Å². The maximum atomic E-state index is 12.2. The number of nitrogens with zero attached hydrogens (tertiary/aromatic N) is 1. The van der Waals surface area contributed by atoms with Crippen LogP contribution in [0.3, 0.4) is 0 Å². The number of nitrogens with two attached hydrogens (primary N) is 1. The second kappa shape index (κ2) is 10.2. The van der Waals surface area contributed by atoms with Gasteiger partial charge in [-0.25, -0.2) is 13.8 Å². The first kappa shape index (κ1) is 20.3. The van der Waals surface area contributed by atoms with Gasteiger partial charge in [-0.2, -0.15) is 0 Å². The number of nitrogens with one attached hydrogen (secondary N) is 1. The second-order valence-corrected chi connectivity index (χ2v) is 5.59. The second-order valence-electron chi connectivity index (χ2n) is 5.59. The van der Waals surface area contributed by atoms with Crippen LogP contribution in [0.25, 0.3) is 0 Å². The Labute approximate surface area is 156 Å². The average Bonchev–Trinajstić information content (AvgIpc) is 2.69. The molecule has 0 saturated carbocycles. The van der Waals surface area contributed by atoms with Gasteiger partial charge in [0.05, 0.1) is 20.8 Å². The molecule has 0 radical (unpaired) electrons. The van der Waals surface area contributed by atoms with E-state index < -0.39 is 13.0 Å². The lowest BCUT2D eigenvalue weighted by molar-refractivity contribution is 0.0818. The van der Waals surface area contributed by atoms with Crippen LogP contribution in [0.4, 0.5) is 8.78 Å². The summed E-state index contributed by atoms with van der Waals surface area (Å²) in [4.78, 5) is 4.25. The normalized spacial score (nSPS) is 11.4. The lowest BCUT2D eigenvalue weighted by Gasteiger charge is -2.11. The van der Waals surface area contributed by atoms with Crippen molar-refractivity contribution in [1.29, 1.82) is 0 Å². The van der Waals surface area contributed by atoms with Crippen LogP contribution in [0.2, 0.25) is 0 Å². The van der Waals surface area contributed by atoms with Crippen molar-refractivity contribution in [2.24, 2.45) is 10.7 Å². The van der Waals surface area contributed by atoms with E-state index >= 15 is 0 Å². The fraction of sp³-hybridized carbons (Fsp3) is 0.316. The third-order valence-corrected chi connectivity index (χ3v) is 3.63. The highest BCUT2D eigenvalue weighted by Gasteiger charge is 2.05. The Balaban J connectivity index is 1.90. The number of alkyl halides is 2. The quantitative estimate of drug-likeness (QED) is 0.517. The molecule has 8 heteroatoms. The fourth-order valence-corrected chi connectivity index (χ4v) is 2.31. The van der Waals surface area contributed by atoms with Gasteiger partial charge in [0, 0.05) is 6.54 Å². The maximum absolute atomic E-state index is 12.2. The fourth-order valence-electron chi connectivity index (χ4n) is 2.31. The van der Waals surface area contributed by atoms with Gasteiger partial charge in [-0.3, -0.25) is 0 Å². The van der Waals surface area contributed by atoms with Crippen LogP contribution in [0, 0.1) is 0 Å². The lowest BCUT2D eigenvalue weighted by Crippen LogP contribution is -2.31. The Morgan fingerprint density at radius 3 is 2.56 bits per heavy atom. The van der Waals surface area contributed by atoms with E-state index in [2.05, 4.69) is 10.3 Å². The van der Waals surface area contributed by atoms with Gasteiger partial charge < -0.3 is 25.3 Å². The molecule has 0 saturated heterocycles. The number of hydrogen-bond donors (Lipinski definition) is 2. The topological polar surface area (TPSA) is 78.1 Å². The summed E-state index contributed by atoms with van der Waals surface area (Å²) >= 11 is 0. The van der Waals surface area contributed by atoms with Crippen molar-refractivity contribution in [3.63, 3.8) is 0 Å². The van der Waals surface area contributed by atoms with Crippen molar-refractivity contribution < 1.29 is 23.0 Å². The minimum atomic E-state index is -2.51. The van der Waals surface area contributed by atoms with E-state index in [0.717, 1.165) is 11.1 Å². The summed E-state index contributed by atoms with van der Waals surface area (Å²) in [5, 5.41) is 3.01. The number of methoxy groups -OCH3 is 2. The van der Waals surface area contributed by atoms with E-state index in [1.807, 2.05) is 24.3 Å². The zero-order valence-corrected chi connectivity index (χ0v) is 15.2. The van der Waals surface area contributed by atoms with Gasteiger partial charge in [0.2, 0.25) is 0 Å². The molecular weight excluding hydrogens is 356 g/mol. The van der Waals surface area contributed by atoms with Crippen LogP contribution in [0.15, 0.2) is 47.5 Å². The highest BCUT2D eigenvalue weighted by Crippen LogP contribution is 2.27. The lowest BCUT2D eigenvalue weighted by atomic mass is 10.2. The number of aliphatic imine (C=N–C) groups is 1. The van der Waals surface area contributed by atoms with Crippen LogP contribution < -0.4 is 25.3 Å². The minimum absolute atomic E-state index is 0.267. The molecule has 0 amide bonds. The number of ether oxygens (including phenoxy) is 3. The van der Waals surface area contributed by atoms with Crippen molar-refractivity contribution in [2.45, 2.75) is 19.5 Å². The van der Waals surface area contributed by atoms with Crippen LogP contribution >= 0.6 is 0 Å². The molecule has 0 heterocycles. The van der Waals surface area contributed by atoms with E-state index in [4.69, 9.17) is 19.9 Å². The maximum Gasteiger partial charge on any atom is 0.272 e. The van der Waals surface area contributed by atoms with Crippen LogP contribution in [0.5, 0.6) is 17.2 Å². The van der Waals surface area contributed by atoms with Gasteiger partial charge in [-0.1, -0.05) is 18.2 Å².